The molecule has 0 atom stereocenters. The Hall–Kier alpha value is -1.09. The molecular weight excluding hydrogens is 206 g/mol. The predicted octanol–water partition coefficient (Wildman–Crippen LogP) is 3.17. The Balaban J connectivity index is 2.91. The Kier molecular flexibility index (Phi) is 3.69. The minimum absolute atomic E-state index is 0.0728. The van der Waals surface area contributed by atoms with E-state index in [-0.39, 0.29) is 11.4 Å². The van der Waals surface area contributed by atoms with Crippen molar-refractivity contribution >= 4 is 17.2 Å². The Bertz CT molecular complexity index is 335. The van der Waals surface area contributed by atoms with Crippen LogP contribution in [-0.4, -0.2) is 22.9 Å². The van der Waals surface area contributed by atoms with Crippen LogP contribution in [0.5, 0.6) is 0 Å². The first-order chi connectivity index (χ1) is 6.96. The van der Waals surface area contributed by atoms with Crippen LogP contribution >= 0.6 is 11.3 Å². The van der Waals surface area contributed by atoms with E-state index in [1.807, 2.05) is 42.5 Å². The van der Waals surface area contributed by atoms with Gasteiger partial charge in [-0.2, -0.15) is 11.3 Å². The first-order valence-electron chi connectivity index (χ1n) is 4.92. The van der Waals surface area contributed by atoms with Gasteiger partial charge in [0.25, 0.3) is 5.91 Å². The molecular formula is C12H17NOS. The van der Waals surface area contributed by atoms with Crippen molar-refractivity contribution in [3.05, 3.63) is 35.0 Å². The van der Waals surface area contributed by atoms with E-state index >= 15 is 0 Å². The second-order valence-corrected chi connectivity index (χ2v) is 5.17. The van der Waals surface area contributed by atoms with Crippen LogP contribution in [0, 0.1) is 0 Å². The lowest BCUT2D eigenvalue weighted by Crippen LogP contribution is -2.45. The number of nitrogens with zero attached hydrogens (tertiary/aromatic N) is 1. The molecule has 0 radical (unpaired) electrons. The summed E-state index contributed by atoms with van der Waals surface area (Å²) in [6.07, 6.45) is 1.76. The molecule has 0 bridgehead atoms. The van der Waals surface area contributed by atoms with Crippen molar-refractivity contribution in [2.75, 3.05) is 6.54 Å². The van der Waals surface area contributed by atoms with E-state index in [1.54, 1.807) is 17.4 Å². The molecule has 0 aliphatic carbocycles. The average Bonchev–Trinajstić information content (AvgIpc) is 2.63. The molecule has 1 heterocycles. The summed E-state index contributed by atoms with van der Waals surface area (Å²) in [5.74, 6) is 0.0728. The van der Waals surface area contributed by atoms with Crippen molar-refractivity contribution in [2.24, 2.45) is 0 Å². The first kappa shape index (κ1) is 12.0. The highest BCUT2D eigenvalue weighted by Gasteiger charge is 2.26. The second-order valence-electron chi connectivity index (χ2n) is 4.39. The predicted molar refractivity (Wildman–Crippen MR) is 65.3 cm³/mol. The summed E-state index contributed by atoms with van der Waals surface area (Å²) in [5.41, 5.74) is 0.587. The van der Waals surface area contributed by atoms with Crippen molar-refractivity contribution < 1.29 is 4.79 Å². The maximum Gasteiger partial charge on any atom is 0.255 e. The van der Waals surface area contributed by atoms with E-state index in [2.05, 4.69) is 6.58 Å². The van der Waals surface area contributed by atoms with Gasteiger partial charge < -0.3 is 4.90 Å². The smallest absolute Gasteiger partial charge is 0.255 e. The number of thiophene rings is 1. The molecule has 1 amide bonds. The van der Waals surface area contributed by atoms with E-state index in [1.165, 1.54) is 0 Å². The standard InChI is InChI=1S/C12H17NOS/c1-5-7-13(12(2,3)4)11(14)10-6-8-15-9-10/h5-6,8-9H,1,7H2,2-4H3. The molecule has 1 aromatic rings. The molecule has 0 saturated heterocycles. The fourth-order valence-electron chi connectivity index (χ4n) is 1.33. The van der Waals surface area contributed by atoms with Crippen LogP contribution < -0.4 is 0 Å². The molecule has 0 aromatic carbocycles. The quantitative estimate of drug-likeness (QED) is 0.721. The van der Waals surface area contributed by atoms with Crippen LogP contribution in [0.2, 0.25) is 0 Å². The summed E-state index contributed by atoms with van der Waals surface area (Å²) in [4.78, 5) is 13.9. The molecule has 0 N–H and O–H groups in total. The van der Waals surface area contributed by atoms with Crippen molar-refractivity contribution in [3.8, 4) is 0 Å². The normalized spacial score (nSPS) is 11.1. The maximum atomic E-state index is 12.1. The van der Waals surface area contributed by atoms with Gasteiger partial charge in [0, 0.05) is 17.5 Å². The van der Waals surface area contributed by atoms with E-state index in [0.29, 0.717) is 6.54 Å². The summed E-state index contributed by atoms with van der Waals surface area (Å²) in [5, 5.41) is 3.80. The van der Waals surface area contributed by atoms with Crippen LogP contribution in [0.15, 0.2) is 29.5 Å². The van der Waals surface area contributed by atoms with Gasteiger partial charge in [0.15, 0.2) is 0 Å². The van der Waals surface area contributed by atoms with Gasteiger partial charge in [-0.1, -0.05) is 6.08 Å². The molecule has 2 nitrogen and oxygen atoms in total. The van der Waals surface area contributed by atoms with Crippen molar-refractivity contribution in [1.82, 2.24) is 4.90 Å². The highest BCUT2D eigenvalue weighted by atomic mass is 32.1. The molecule has 0 aliphatic rings. The molecule has 0 saturated carbocycles. The molecule has 15 heavy (non-hydrogen) atoms. The highest BCUT2D eigenvalue weighted by molar-refractivity contribution is 7.08. The van der Waals surface area contributed by atoms with Gasteiger partial charge in [0.1, 0.15) is 0 Å². The minimum atomic E-state index is -0.173. The number of hydrogen-bond donors (Lipinski definition) is 0. The molecule has 1 rings (SSSR count). The van der Waals surface area contributed by atoms with Gasteiger partial charge in [-0.05, 0) is 32.2 Å². The number of rotatable bonds is 3. The Labute approximate surface area is 95.2 Å². The zero-order valence-corrected chi connectivity index (χ0v) is 10.3. The van der Waals surface area contributed by atoms with E-state index in [9.17, 15) is 4.79 Å². The zero-order chi connectivity index (χ0) is 11.5. The van der Waals surface area contributed by atoms with Gasteiger partial charge in [-0.25, -0.2) is 0 Å². The summed E-state index contributed by atoms with van der Waals surface area (Å²) in [6.45, 7) is 10.4. The van der Waals surface area contributed by atoms with Crippen molar-refractivity contribution in [1.29, 1.82) is 0 Å². The van der Waals surface area contributed by atoms with Crippen LogP contribution in [0.3, 0.4) is 0 Å². The highest BCUT2D eigenvalue weighted by Crippen LogP contribution is 2.18. The Morgan fingerprint density at radius 3 is 2.67 bits per heavy atom. The molecule has 82 valence electrons. The van der Waals surface area contributed by atoms with Crippen molar-refractivity contribution in [3.63, 3.8) is 0 Å². The van der Waals surface area contributed by atoms with Gasteiger partial charge in [0.05, 0.1) is 5.56 Å². The monoisotopic (exact) mass is 223 g/mol. The lowest BCUT2D eigenvalue weighted by Gasteiger charge is -2.34. The first-order valence-corrected chi connectivity index (χ1v) is 5.86. The topological polar surface area (TPSA) is 20.3 Å². The van der Waals surface area contributed by atoms with Gasteiger partial charge in [-0.3, -0.25) is 4.79 Å². The molecule has 1 aromatic heterocycles. The van der Waals surface area contributed by atoms with Gasteiger partial charge >= 0.3 is 0 Å². The minimum Gasteiger partial charge on any atom is -0.330 e. The zero-order valence-electron chi connectivity index (χ0n) is 9.49. The SMILES string of the molecule is C=CCN(C(=O)c1ccsc1)C(C)(C)C. The number of carbonyl (C=O) groups is 1. The van der Waals surface area contributed by atoms with Crippen LogP contribution in [0.1, 0.15) is 31.1 Å². The lowest BCUT2D eigenvalue weighted by molar-refractivity contribution is 0.0617. The summed E-state index contributed by atoms with van der Waals surface area (Å²) in [6, 6.07) is 1.86. The number of amides is 1. The molecule has 0 unspecified atom stereocenters. The number of carbonyl (C=O) groups excluding carboxylic acids is 1. The fraction of sp³-hybridized carbons (Fsp3) is 0.417. The van der Waals surface area contributed by atoms with Crippen molar-refractivity contribution in [2.45, 2.75) is 26.3 Å². The molecule has 0 aliphatic heterocycles. The third-order valence-corrected chi connectivity index (χ3v) is 2.82. The van der Waals surface area contributed by atoms with Crippen LogP contribution in [0.25, 0.3) is 0 Å². The average molecular weight is 223 g/mol. The third kappa shape index (κ3) is 2.93. The van der Waals surface area contributed by atoms with Crippen LogP contribution in [-0.2, 0) is 0 Å². The van der Waals surface area contributed by atoms with E-state index in [0.717, 1.165) is 5.56 Å². The molecule has 3 heteroatoms. The Morgan fingerprint density at radius 2 is 2.27 bits per heavy atom. The van der Waals surface area contributed by atoms with E-state index in [4.69, 9.17) is 0 Å². The second kappa shape index (κ2) is 4.62. The summed E-state index contributed by atoms with van der Waals surface area (Å²) < 4.78 is 0. The maximum absolute atomic E-state index is 12.1. The third-order valence-electron chi connectivity index (χ3n) is 2.13. The van der Waals surface area contributed by atoms with Crippen LogP contribution in [0.4, 0.5) is 0 Å². The summed E-state index contributed by atoms with van der Waals surface area (Å²) >= 11 is 1.54. The van der Waals surface area contributed by atoms with Gasteiger partial charge in [-0.15, -0.1) is 6.58 Å². The Morgan fingerprint density at radius 1 is 1.60 bits per heavy atom. The largest absolute Gasteiger partial charge is 0.330 e. The number of hydrogen-bond acceptors (Lipinski definition) is 2. The lowest BCUT2D eigenvalue weighted by atomic mass is 10.0. The molecule has 0 fully saturated rings. The molecule has 0 spiro atoms. The van der Waals surface area contributed by atoms with E-state index < -0.39 is 0 Å². The summed E-state index contributed by atoms with van der Waals surface area (Å²) in [7, 11) is 0. The van der Waals surface area contributed by atoms with Gasteiger partial charge in [0.2, 0.25) is 0 Å². The fourth-order valence-corrected chi connectivity index (χ4v) is 1.96.